The Balaban J connectivity index is 2.46. The maximum atomic E-state index is 11.2. The zero-order chi connectivity index (χ0) is 14.0. The van der Waals surface area contributed by atoms with Crippen molar-refractivity contribution in [1.29, 1.82) is 0 Å². The van der Waals surface area contributed by atoms with Gasteiger partial charge < -0.3 is 9.84 Å². The number of hydrogen-bond acceptors (Lipinski definition) is 2. The highest BCUT2D eigenvalue weighted by Crippen LogP contribution is 2.35. The van der Waals surface area contributed by atoms with Crippen LogP contribution in [0, 0.1) is 0 Å². The van der Waals surface area contributed by atoms with Gasteiger partial charge in [0, 0.05) is 4.47 Å². The van der Waals surface area contributed by atoms with Crippen molar-refractivity contribution in [2.75, 3.05) is 0 Å². The fraction of sp³-hybridized carbons (Fsp3) is 0. The van der Waals surface area contributed by atoms with E-state index < -0.39 is 5.97 Å². The Morgan fingerprint density at radius 3 is 2.53 bits per heavy atom. The molecule has 0 radical (unpaired) electrons. The van der Waals surface area contributed by atoms with Gasteiger partial charge in [-0.05, 0) is 30.3 Å². The number of carboxylic acid groups (broad SMARTS) is 1. The Kier molecular flexibility index (Phi) is 4.34. The van der Waals surface area contributed by atoms with E-state index in [2.05, 4.69) is 15.9 Å². The lowest BCUT2D eigenvalue weighted by molar-refractivity contribution is 0.0694. The second-order valence-corrected chi connectivity index (χ2v) is 5.33. The van der Waals surface area contributed by atoms with E-state index in [0.29, 0.717) is 10.8 Å². The molecule has 0 saturated heterocycles. The molecule has 2 aromatic carbocycles. The lowest BCUT2D eigenvalue weighted by Gasteiger charge is -2.11. The van der Waals surface area contributed by atoms with Gasteiger partial charge in [0.1, 0.15) is 17.1 Å². The van der Waals surface area contributed by atoms with Crippen LogP contribution in [0.1, 0.15) is 10.4 Å². The number of carboxylic acids is 1. The molecule has 0 heterocycles. The van der Waals surface area contributed by atoms with Crippen molar-refractivity contribution in [1.82, 2.24) is 0 Å². The molecule has 0 amide bonds. The zero-order valence-electron chi connectivity index (χ0n) is 9.36. The normalized spacial score (nSPS) is 10.3. The molecular formula is C13H7BrCl2O3. The molecule has 19 heavy (non-hydrogen) atoms. The molecule has 0 atom stereocenters. The van der Waals surface area contributed by atoms with Gasteiger partial charge in [-0.1, -0.05) is 45.2 Å². The third-order valence-electron chi connectivity index (χ3n) is 2.30. The Hall–Kier alpha value is -1.23. The largest absolute Gasteiger partial charge is 0.478 e. The minimum atomic E-state index is -1.16. The second-order valence-electron chi connectivity index (χ2n) is 3.59. The summed E-state index contributed by atoms with van der Waals surface area (Å²) < 4.78 is 6.31. The quantitative estimate of drug-likeness (QED) is 0.812. The van der Waals surface area contributed by atoms with Crippen molar-refractivity contribution in [2.45, 2.75) is 0 Å². The number of rotatable bonds is 3. The molecule has 0 aliphatic carbocycles. The molecule has 0 aliphatic rings. The van der Waals surface area contributed by atoms with Gasteiger partial charge in [0.15, 0.2) is 0 Å². The first-order valence-electron chi connectivity index (χ1n) is 5.13. The van der Waals surface area contributed by atoms with E-state index >= 15 is 0 Å². The van der Waals surface area contributed by atoms with Crippen molar-refractivity contribution in [3.05, 3.63) is 56.5 Å². The second kappa shape index (κ2) is 5.82. The van der Waals surface area contributed by atoms with Crippen LogP contribution in [0.2, 0.25) is 10.0 Å². The molecule has 98 valence electrons. The predicted octanol–water partition coefficient (Wildman–Crippen LogP) is 5.25. The predicted molar refractivity (Wildman–Crippen MR) is 77.6 cm³/mol. The number of benzene rings is 2. The summed E-state index contributed by atoms with van der Waals surface area (Å²) in [5.74, 6) is -0.674. The van der Waals surface area contributed by atoms with E-state index in [0.717, 1.165) is 4.47 Å². The Labute approximate surface area is 127 Å². The van der Waals surface area contributed by atoms with Crippen LogP contribution in [0.3, 0.4) is 0 Å². The molecule has 0 aliphatic heterocycles. The fourth-order valence-electron chi connectivity index (χ4n) is 1.47. The highest BCUT2D eigenvalue weighted by atomic mass is 79.9. The summed E-state index contributed by atoms with van der Waals surface area (Å²) in [7, 11) is 0. The van der Waals surface area contributed by atoms with E-state index in [4.69, 9.17) is 33.0 Å². The van der Waals surface area contributed by atoms with Gasteiger partial charge in [-0.15, -0.1) is 0 Å². The maximum absolute atomic E-state index is 11.2. The van der Waals surface area contributed by atoms with Crippen molar-refractivity contribution in [3.63, 3.8) is 0 Å². The molecule has 0 bridgehead atoms. The number of halogens is 3. The van der Waals surface area contributed by atoms with Crippen molar-refractivity contribution < 1.29 is 14.6 Å². The van der Waals surface area contributed by atoms with Crippen LogP contribution in [0.4, 0.5) is 0 Å². The van der Waals surface area contributed by atoms with Gasteiger partial charge in [-0.2, -0.15) is 0 Å². The summed E-state index contributed by atoms with van der Waals surface area (Å²) in [5, 5.41) is 9.62. The van der Waals surface area contributed by atoms with Crippen molar-refractivity contribution in [3.8, 4) is 11.5 Å². The first kappa shape index (κ1) is 14.2. The molecule has 2 aromatic rings. The molecular weight excluding hydrogens is 355 g/mol. The van der Waals surface area contributed by atoms with Crippen LogP contribution in [-0.4, -0.2) is 11.1 Å². The molecule has 0 aromatic heterocycles. The van der Waals surface area contributed by atoms with Crippen LogP contribution in [0.5, 0.6) is 11.5 Å². The standard InChI is InChI=1S/C13H7BrCl2O3/c14-7-4-5-8(15)11(6-7)19-10-3-1-2-9(16)12(10)13(17)18/h1-6H,(H,17,18). The zero-order valence-corrected chi connectivity index (χ0v) is 12.5. The van der Waals surface area contributed by atoms with E-state index in [1.807, 2.05) is 0 Å². The Morgan fingerprint density at radius 2 is 1.84 bits per heavy atom. The highest BCUT2D eigenvalue weighted by molar-refractivity contribution is 9.10. The van der Waals surface area contributed by atoms with Crippen molar-refractivity contribution >= 4 is 45.1 Å². The molecule has 1 N–H and O–H groups in total. The molecule has 3 nitrogen and oxygen atoms in total. The Bertz CT molecular complexity index is 644. The number of ether oxygens (including phenoxy) is 1. The van der Waals surface area contributed by atoms with Crippen LogP contribution in [-0.2, 0) is 0 Å². The van der Waals surface area contributed by atoms with E-state index in [9.17, 15) is 4.79 Å². The molecule has 0 spiro atoms. The summed E-state index contributed by atoms with van der Waals surface area (Å²) >= 11 is 15.1. The van der Waals surface area contributed by atoms with Gasteiger partial charge in [0.25, 0.3) is 0 Å². The molecule has 0 unspecified atom stereocenters. The van der Waals surface area contributed by atoms with Crippen molar-refractivity contribution in [2.24, 2.45) is 0 Å². The third-order valence-corrected chi connectivity index (χ3v) is 3.42. The van der Waals surface area contributed by atoms with Gasteiger partial charge in [0.05, 0.1) is 10.0 Å². The highest BCUT2D eigenvalue weighted by Gasteiger charge is 2.17. The lowest BCUT2D eigenvalue weighted by atomic mass is 10.2. The van der Waals surface area contributed by atoms with E-state index in [1.54, 1.807) is 24.3 Å². The van der Waals surface area contributed by atoms with Gasteiger partial charge in [-0.3, -0.25) is 0 Å². The van der Waals surface area contributed by atoms with E-state index in [1.165, 1.54) is 12.1 Å². The maximum Gasteiger partial charge on any atom is 0.341 e. The fourth-order valence-corrected chi connectivity index (χ4v) is 2.21. The first-order valence-corrected chi connectivity index (χ1v) is 6.68. The molecule has 0 saturated carbocycles. The minimum absolute atomic E-state index is 0.0970. The minimum Gasteiger partial charge on any atom is -0.478 e. The topological polar surface area (TPSA) is 46.5 Å². The summed E-state index contributed by atoms with van der Waals surface area (Å²) in [4.78, 5) is 11.2. The van der Waals surface area contributed by atoms with Crippen LogP contribution >= 0.6 is 39.1 Å². The smallest absolute Gasteiger partial charge is 0.341 e. The average Bonchev–Trinajstić information content (AvgIpc) is 2.33. The average molecular weight is 362 g/mol. The first-order chi connectivity index (χ1) is 8.99. The monoisotopic (exact) mass is 360 g/mol. The van der Waals surface area contributed by atoms with Crippen LogP contribution < -0.4 is 4.74 Å². The molecule has 2 rings (SSSR count). The van der Waals surface area contributed by atoms with Crippen LogP contribution in [0.15, 0.2) is 40.9 Å². The summed E-state index contributed by atoms with van der Waals surface area (Å²) in [6, 6.07) is 9.66. The lowest BCUT2D eigenvalue weighted by Crippen LogP contribution is -2.01. The molecule has 6 heteroatoms. The summed E-state index contributed by atoms with van der Waals surface area (Å²) in [6.45, 7) is 0. The number of carbonyl (C=O) groups is 1. The van der Waals surface area contributed by atoms with E-state index in [-0.39, 0.29) is 16.3 Å². The van der Waals surface area contributed by atoms with Gasteiger partial charge in [0.2, 0.25) is 0 Å². The summed E-state index contributed by atoms with van der Waals surface area (Å²) in [5.41, 5.74) is -0.0970. The Morgan fingerprint density at radius 1 is 1.11 bits per heavy atom. The summed E-state index contributed by atoms with van der Waals surface area (Å²) in [6.07, 6.45) is 0. The SMILES string of the molecule is O=C(O)c1c(Cl)cccc1Oc1cc(Br)ccc1Cl. The van der Waals surface area contributed by atoms with Crippen LogP contribution in [0.25, 0.3) is 0 Å². The van der Waals surface area contributed by atoms with Gasteiger partial charge in [-0.25, -0.2) is 4.79 Å². The third kappa shape index (κ3) is 3.21. The molecule has 0 fully saturated rings. The number of aromatic carboxylic acids is 1. The van der Waals surface area contributed by atoms with Gasteiger partial charge >= 0.3 is 5.97 Å². The number of hydrogen-bond donors (Lipinski definition) is 1.